The highest BCUT2D eigenvalue weighted by Crippen LogP contribution is 2.29. The second-order valence-electron chi connectivity index (χ2n) is 5.70. The Morgan fingerprint density at radius 3 is 2.36 bits per heavy atom. The van der Waals surface area contributed by atoms with Crippen LogP contribution in [0, 0.1) is 25.2 Å². The van der Waals surface area contributed by atoms with Crippen molar-refractivity contribution in [1.29, 1.82) is 5.26 Å². The van der Waals surface area contributed by atoms with E-state index in [2.05, 4.69) is 6.07 Å². The summed E-state index contributed by atoms with van der Waals surface area (Å²) in [6.45, 7) is 4.35. The molecule has 0 bridgehead atoms. The molecule has 0 atom stereocenters. The first kappa shape index (κ1) is 18.3. The van der Waals surface area contributed by atoms with Gasteiger partial charge in [0.25, 0.3) is 5.91 Å². The topological polar surface area (TPSA) is 62.6 Å². The molecule has 25 heavy (non-hydrogen) atoms. The lowest BCUT2D eigenvalue weighted by atomic mass is 10.1. The van der Waals surface area contributed by atoms with Gasteiger partial charge in [-0.3, -0.25) is 4.79 Å². The van der Waals surface area contributed by atoms with Gasteiger partial charge < -0.3 is 14.4 Å². The van der Waals surface area contributed by atoms with E-state index in [0.717, 1.165) is 16.8 Å². The third kappa shape index (κ3) is 4.10. The van der Waals surface area contributed by atoms with Crippen molar-refractivity contribution in [2.45, 2.75) is 20.3 Å². The minimum atomic E-state index is -0.181. The van der Waals surface area contributed by atoms with Gasteiger partial charge in [0.1, 0.15) is 0 Å². The number of carbonyl (C=O) groups excluding carboxylic acids is 1. The lowest BCUT2D eigenvalue weighted by Gasteiger charge is -2.23. The average molecular weight is 338 g/mol. The van der Waals surface area contributed by atoms with Crippen LogP contribution in [0.15, 0.2) is 36.4 Å². The van der Waals surface area contributed by atoms with Gasteiger partial charge in [0, 0.05) is 17.8 Å². The minimum Gasteiger partial charge on any atom is -0.493 e. The molecule has 0 saturated heterocycles. The van der Waals surface area contributed by atoms with E-state index in [1.807, 2.05) is 32.0 Å². The fourth-order valence-corrected chi connectivity index (χ4v) is 2.53. The van der Waals surface area contributed by atoms with Crippen molar-refractivity contribution < 1.29 is 14.3 Å². The van der Waals surface area contributed by atoms with Gasteiger partial charge in [-0.05, 0) is 55.3 Å². The fourth-order valence-electron chi connectivity index (χ4n) is 2.53. The van der Waals surface area contributed by atoms with Gasteiger partial charge in [-0.25, -0.2) is 0 Å². The summed E-state index contributed by atoms with van der Waals surface area (Å²) in [4.78, 5) is 14.7. The summed E-state index contributed by atoms with van der Waals surface area (Å²) in [6.07, 6.45) is 0.256. The zero-order valence-electron chi connectivity index (χ0n) is 15.0. The predicted molar refractivity (Wildman–Crippen MR) is 97.4 cm³/mol. The highest BCUT2D eigenvalue weighted by molar-refractivity contribution is 6.06. The van der Waals surface area contributed by atoms with Crippen molar-refractivity contribution in [3.63, 3.8) is 0 Å². The molecule has 5 heteroatoms. The zero-order valence-corrected chi connectivity index (χ0v) is 15.0. The number of methoxy groups -OCH3 is 2. The number of hydrogen-bond acceptors (Lipinski definition) is 4. The van der Waals surface area contributed by atoms with E-state index in [-0.39, 0.29) is 12.3 Å². The van der Waals surface area contributed by atoms with Crippen LogP contribution < -0.4 is 14.4 Å². The molecule has 0 aliphatic heterocycles. The maximum atomic E-state index is 13.0. The number of carbonyl (C=O) groups is 1. The Balaban J connectivity index is 2.42. The van der Waals surface area contributed by atoms with Crippen LogP contribution in [0.25, 0.3) is 0 Å². The van der Waals surface area contributed by atoms with E-state index >= 15 is 0 Å². The van der Waals surface area contributed by atoms with Crippen molar-refractivity contribution >= 4 is 11.6 Å². The molecule has 0 spiro atoms. The Hall–Kier alpha value is -3.00. The monoisotopic (exact) mass is 338 g/mol. The molecule has 2 rings (SSSR count). The lowest BCUT2D eigenvalue weighted by Crippen LogP contribution is -2.32. The summed E-state index contributed by atoms with van der Waals surface area (Å²) in [6, 6.07) is 13.0. The van der Waals surface area contributed by atoms with Gasteiger partial charge in [-0.15, -0.1) is 0 Å². The number of nitriles is 1. The highest BCUT2D eigenvalue weighted by Gasteiger charge is 2.19. The molecular formula is C20H22N2O3. The molecule has 5 nitrogen and oxygen atoms in total. The zero-order chi connectivity index (χ0) is 18.4. The second-order valence-corrected chi connectivity index (χ2v) is 5.70. The van der Waals surface area contributed by atoms with Crippen LogP contribution in [0.1, 0.15) is 27.9 Å². The normalized spacial score (nSPS) is 10.0. The Morgan fingerprint density at radius 2 is 1.76 bits per heavy atom. The quantitative estimate of drug-likeness (QED) is 0.802. The van der Waals surface area contributed by atoms with Gasteiger partial charge in [0.2, 0.25) is 0 Å². The van der Waals surface area contributed by atoms with Crippen LogP contribution in [-0.2, 0) is 0 Å². The van der Waals surface area contributed by atoms with Crippen molar-refractivity contribution in [1.82, 2.24) is 0 Å². The van der Waals surface area contributed by atoms with E-state index in [1.165, 1.54) is 7.11 Å². The molecule has 0 N–H and O–H groups in total. The molecule has 0 aliphatic carbocycles. The molecule has 0 aliphatic rings. The molecule has 0 aromatic heterocycles. The lowest BCUT2D eigenvalue weighted by molar-refractivity contribution is 0.0987. The summed E-state index contributed by atoms with van der Waals surface area (Å²) in [5.74, 6) is 0.877. The average Bonchev–Trinajstić information content (AvgIpc) is 2.63. The number of anilines is 1. The minimum absolute atomic E-state index is 0.181. The fraction of sp³-hybridized carbons (Fsp3) is 0.300. The summed E-state index contributed by atoms with van der Waals surface area (Å²) >= 11 is 0. The van der Waals surface area contributed by atoms with Gasteiger partial charge >= 0.3 is 0 Å². The van der Waals surface area contributed by atoms with Crippen LogP contribution >= 0.6 is 0 Å². The van der Waals surface area contributed by atoms with Gasteiger partial charge in [0.05, 0.1) is 26.7 Å². The highest BCUT2D eigenvalue weighted by atomic mass is 16.5. The first-order valence-corrected chi connectivity index (χ1v) is 8.00. The smallest absolute Gasteiger partial charge is 0.258 e. The van der Waals surface area contributed by atoms with Crippen molar-refractivity contribution in [3.05, 3.63) is 53.1 Å². The third-order valence-corrected chi connectivity index (χ3v) is 4.13. The standard InChI is InChI=1S/C20H22N2O3/c1-14-6-8-17(12-15(14)2)22(11-5-10-21)20(23)16-7-9-18(24-3)19(13-16)25-4/h6-9,12-13H,5,11H2,1-4H3. The molecule has 0 unspecified atom stereocenters. The van der Waals surface area contributed by atoms with E-state index < -0.39 is 0 Å². The summed E-state index contributed by atoms with van der Waals surface area (Å²) in [5.41, 5.74) is 3.51. The van der Waals surface area contributed by atoms with E-state index in [0.29, 0.717) is 23.6 Å². The summed E-state index contributed by atoms with van der Waals surface area (Å²) in [5, 5.41) is 8.94. The maximum Gasteiger partial charge on any atom is 0.258 e. The Labute approximate surface area is 148 Å². The number of amides is 1. The summed E-state index contributed by atoms with van der Waals surface area (Å²) < 4.78 is 10.5. The number of nitrogens with zero attached hydrogens (tertiary/aromatic N) is 2. The number of ether oxygens (including phenoxy) is 2. The Kier molecular flexibility index (Phi) is 6.02. The maximum absolute atomic E-state index is 13.0. The second kappa shape index (κ2) is 8.20. The van der Waals surface area contributed by atoms with Crippen LogP contribution in [0.4, 0.5) is 5.69 Å². The number of benzene rings is 2. The van der Waals surface area contributed by atoms with E-state index in [9.17, 15) is 4.79 Å². The molecule has 0 fully saturated rings. The largest absolute Gasteiger partial charge is 0.493 e. The molecule has 0 heterocycles. The number of aryl methyl sites for hydroxylation is 2. The molecule has 0 saturated carbocycles. The van der Waals surface area contributed by atoms with Crippen LogP contribution in [0.3, 0.4) is 0 Å². The Morgan fingerprint density at radius 1 is 1.04 bits per heavy atom. The van der Waals surface area contributed by atoms with Crippen LogP contribution in [0.5, 0.6) is 11.5 Å². The van der Waals surface area contributed by atoms with Crippen molar-refractivity contribution in [3.8, 4) is 17.6 Å². The molecule has 2 aromatic carbocycles. The Bertz CT molecular complexity index is 809. The van der Waals surface area contributed by atoms with Gasteiger partial charge in [-0.1, -0.05) is 6.07 Å². The van der Waals surface area contributed by atoms with E-state index in [4.69, 9.17) is 14.7 Å². The first-order chi connectivity index (χ1) is 12.0. The van der Waals surface area contributed by atoms with Gasteiger partial charge in [-0.2, -0.15) is 5.26 Å². The molecule has 1 amide bonds. The molecular weight excluding hydrogens is 316 g/mol. The van der Waals surface area contributed by atoms with Crippen molar-refractivity contribution in [2.24, 2.45) is 0 Å². The number of rotatable bonds is 6. The molecule has 130 valence electrons. The van der Waals surface area contributed by atoms with Crippen LogP contribution in [0.2, 0.25) is 0 Å². The summed E-state index contributed by atoms with van der Waals surface area (Å²) in [7, 11) is 3.08. The third-order valence-electron chi connectivity index (χ3n) is 4.13. The molecule has 2 aromatic rings. The van der Waals surface area contributed by atoms with Crippen molar-refractivity contribution in [2.75, 3.05) is 25.7 Å². The molecule has 0 radical (unpaired) electrons. The SMILES string of the molecule is COc1ccc(C(=O)N(CCC#N)c2ccc(C)c(C)c2)cc1OC. The number of hydrogen-bond donors (Lipinski definition) is 0. The first-order valence-electron chi connectivity index (χ1n) is 8.00. The van der Waals surface area contributed by atoms with Crippen LogP contribution in [-0.4, -0.2) is 26.7 Å². The predicted octanol–water partition coefficient (Wildman–Crippen LogP) is 3.88. The van der Waals surface area contributed by atoms with E-state index in [1.54, 1.807) is 30.2 Å². The van der Waals surface area contributed by atoms with Gasteiger partial charge in [0.15, 0.2) is 11.5 Å².